The van der Waals surface area contributed by atoms with Gasteiger partial charge in [-0.25, -0.2) is 4.79 Å². The van der Waals surface area contributed by atoms with E-state index in [1.54, 1.807) is 24.3 Å². The van der Waals surface area contributed by atoms with Crippen molar-refractivity contribution < 1.29 is 23.9 Å². The molecule has 2 saturated carbocycles. The van der Waals surface area contributed by atoms with Gasteiger partial charge in [-0.3, -0.25) is 19.3 Å². The minimum absolute atomic E-state index is 0.153. The van der Waals surface area contributed by atoms with Crippen molar-refractivity contribution in [2.24, 2.45) is 23.7 Å². The van der Waals surface area contributed by atoms with E-state index in [1.165, 1.54) is 0 Å². The van der Waals surface area contributed by atoms with Crippen LogP contribution in [0.5, 0.6) is 0 Å². The lowest BCUT2D eigenvalue weighted by Gasteiger charge is -2.26. The highest BCUT2D eigenvalue weighted by Crippen LogP contribution is 2.56. The van der Waals surface area contributed by atoms with Crippen LogP contribution in [0.25, 0.3) is 0 Å². The molecule has 2 aromatic rings. The van der Waals surface area contributed by atoms with E-state index in [2.05, 4.69) is 21.2 Å². The Labute approximate surface area is 206 Å². The van der Waals surface area contributed by atoms with Gasteiger partial charge in [0.05, 0.1) is 11.8 Å². The first kappa shape index (κ1) is 22.8. The largest absolute Gasteiger partial charge is 0.454 e. The van der Waals surface area contributed by atoms with Crippen LogP contribution in [-0.4, -0.2) is 41.2 Å². The third kappa shape index (κ3) is 4.27. The molecule has 2 bridgehead atoms. The summed E-state index contributed by atoms with van der Waals surface area (Å²) in [6.45, 7) is -0.505. The molecule has 0 spiro atoms. The average molecular weight is 525 g/mol. The third-order valence-corrected chi connectivity index (χ3v) is 7.82. The van der Waals surface area contributed by atoms with Crippen LogP contribution < -0.4 is 5.32 Å². The summed E-state index contributed by atoms with van der Waals surface area (Å²) in [4.78, 5) is 53.3. The van der Waals surface area contributed by atoms with E-state index < -0.39 is 24.5 Å². The van der Waals surface area contributed by atoms with E-state index in [9.17, 15) is 19.2 Å². The van der Waals surface area contributed by atoms with Crippen molar-refractivity contribution in [1.29, 1.82) is 0 Å². The Morgan fingerprint density at radius 3 is 2.21 bits per heavy atom. The number of ether oxygens (including phenoxy) is 1. The van der Waals surface area contributed by atoms with E-state index in [1.807, 2.05) is 30.3 Å². The highest BCUT2D eigenvalue weighted by atomic mass is 79.9. The normalized spacial score (nSPS) is 25.9. The molecule has 5 atom stereocenters. The first-order chi connectivity index (χ1) is 16.4. The molecule has 1 heterocycles. The van der Waals surface area contributed by atoms with Crippen LogP contribution in [0.4, 0.5) is 5.69 Å². The van der Waals surface area contributed by atoms with Gasteiger partial charge in [0.15, 0.2) is 6.61 Å². The second-order valence-electron chi connectivity index (χ2n) is 9.30. The Balaban J connectivity index is 1.31. The molecule has 3 fully saturated rings. The fourth-order valence-electron chi connectivity index (χ4n) is 5.82. The smallest absolute Gasteiger partial charge is 0.330 e. The Hall–Kier alpha value is -3.00. The topological polar surface area (TPSA) is 92.8 Å². The molecule has 1 aliphatic heterocycles. The molecule has 1 saturated heterocycles. The monoisotopic (exact) mass is 524 g/mol. The molecule has 2 aromatic carbocycles. The number of likely N-dealkylation sites (tertiary alicyclic amines) is 1. The molecule has 3 amide bonds. The summed E-state index contributed by atoms with van der Waals surface area (Å²) in [5, 5.41) is 2.67. The van der Waals surface area contributed by atoms with Crippen LogP contribution in [0.15, 0.2) is 59.1 Å². The Morgan fingerprint density at radius 2 is 1.59 bits per heavy atom. The summed E-state index contributed by atoms with van der Waals surface area (Å²) in [6.07, 6.45) is 3.00. The van der Waals surface area contributed by atoms with Crippen LogP contribution in [0.1, 0.15) is 24.8 Å². The van der Waals surface area contributed by atoms with Crippen molar-refractivity contribution in [3.8, 4) is 0 Å². The van der Waals surface area contributed by atoms with E-state index in [-0.39, 0.29) is 41.9 Å². The maximum Gasteiger partial charge on any atom is 0.330 e. The van der Waals surface area contributed by atoms with Crippen LogP contribution in [0, 0.1) is 23.7 Å². The lowest BCUT2D eigenvalue weighted by Crippen LogP contribution is -2.48. The molecule has 5 rings (SSSR count). The number of carbonyl (C=O) groups excluding carboxylic acids is 4. The highest BCUT2D eigenvalue weighted by Gasteiger charge is 2.62. The maximum atomic E-state index is 13.3. The molecule has 2 aliphatic carbocycles. The lowest BCUT2D eigenvalue weighted by molar-refractivity contribution is -0.160. The lowest BCUT2D eigenvalue weighted by atomic mass is 9.81. The van der Waals surface area contributed by atoms with Gasteiger partial charge < -0.3 is 10.1 Å². The highest BCUT2D eigenvalue weighted by molar-refractivity contribution is 9.10. The number of hydrogen-bond donors (Lipinski definition) is 1. The number of benzene rings is 2. The minimum atomic E-state index is -1.09. The van der Waals surface area contributed by atoms with Crippen LogP contribution in [0.2, 0.25) is 0 Å². The van der Waals surface area contributed by atoms with E-state index in [4.69, 9.17) is 4.74 Å². The Morgan fingerprint density at radius 1 is 0.971 bits per heavy atom. The number of anilines is 1. The van der Waals surface area contributed by atoms with Gasteiger partial charge in [-0.05, 0) is 60.9 Å². The summed E-state index contributed by atoms with van der Waals surface area (Å²) >= 11 is 3.33. The Kier molecular flexibility index (Phi) is 6.25. The average Bonchev–Trinajstić information content (AvgIpc) is 3.52. The number of esters is 1. The first-order valence-electron chi connectivity index (χ1n) is 11.6. The molecular weight excluding hydrogens is 500 g/mol. The van der Waals surface area contributed by atoms with Gasteiger partial charge >= 0.3 is 5.97 Å². The fraction of sp³-hybridized carbons (Fsp3) is 0.385. The van der Waals surface area contributed by atoms with Crippen LogP contribution >= 0.6 is 15.9 Å². The number of amides is 3. The van der Waals surface area contributed by atoms with Gasteiger partial charge in [0.2, 0.25) is 11.8 Å². The molecule has 7 nitrogen and oxygen atoms in total. The molecule has 8 heteroatoms. The van der Waals surface area contributed by atoms with Gasteiger partial charge in [0, 0.05) is 16.6 Å². The summed E-state index contributed by atoms with van der Waals surface area (Å²) in [6, 6.07) is 15.1. The molecule has 3 aliphatic rings. The summed E-state index contributed by atoms with van der Waals surface area (Å²) in [7, 11) is 0. The van der Waals surface area contributed by atoms with Crippen molar-refractivity contribution in [1.82, 2.24) is 4.90 Å². The first-order valence-corrected chi connectivity index (χ1v) is 12.3. The van der Waals surface area contributed by atoms with Gasteiger partial charge in [-0.15, -0.1) is 0 Å². The summed E-state index contributed by atoms with van der Waals surface area (Å²) in [5.41, 5.74) is 1.38. The SMILES string of the molecule is O=C(COC(=O)[C@H](Cc1ccccc1)N1C(=O)[C@@H]2[C@H]3CC[C@@H](C3)[C@H]2C1=O)Nc1ccc(Br)cc1. The van der Waals surface area contributed by atoms with Gasteiger partial charge in [0.1, 0.15) is 6.04 Å². The Bertz CT molecular complexity index is 1090. The third-order valence-electron chi connectivity index (χ3n) is 7.29. The van der Waals surface area contributed by atoms with Crippen molar-refractivity contribution in [3.05, 3.63) is 64.6 Å². The molecule has 176 valence electrons. The number of nitrogens with zero attached hydrogens (tertiary/aromatic N) is 1. The van der Waals surface area contributed by atoms with E-state index in [0.717, 1.165) is 34.2 Å². The van der Waals surface area contributed by atoms with Gasteiger partial charge in [-0.1, -0.05) is 46.3 Å². The predicted octanol–water partition coefficient (Wildman–Crippen LogP) is 3.57. The zero-order chi connectivity index (χ0) is 23.8. The second-order valence-corrected chi connectivity index (χ2v) is 10.2. The van der Waals surface area contributed by atoms with Crippen molar-refractivity contribution in [3.63, 3.8) is 0 Å². The summed E-state index contributed by atoms with van der Waals surface area (Å²) in [5.74, 6) is -1.97. The van der Waals surface area contributed by atoms with E-state index >= 15 is 0 Å². The number of hydrogen-bond acceptors (Lipinski definition) is 5. The minimum Gasteiger partial charge on any atom is -0.454 e. The zero-order valence-electron chi connectivity index (χ0n) is 18.5. The number of fused-ring (bicyclic) bond motifs is 5. The second kappa shape index (κ2) is 9.33. The number of nitrogens with one attached hydrogen (secondary N) is 1. The quantitative estimate of drug-likeness (QED) is 0.441. The predicted molar refractivity (Wildman–Crippen MR) is 127 cm³/mol. The molecule has 0 aromatic heterocycles. The molecule has 0 radical (unpaired) electrons. The van der Waals surface area contributed by atoms with Crippen molar-refractivity contribution >= 4 is 45.3 Å². The van der Waals surface area contributed by atoms with Crippen LogP contribution in [0.3, 0.4) is 0 Å². The zero-order valence-corrected chi connectivity index (χ0v) is 20.1. The number of rotatable bonds is 7. The summed E-state index contributed by atoms with van der Waals surface area (Å²) < 4.78 is 6.20. The van der Waals surface area contributed by atoms with Crippen molar-refractivity contribution in [2.75, 3.05) is 11.9 Å². The molecule has 1 N–H and O–H groups in total. The van der Waals surface area contributed by atoms with Crippen LogP contribution in [-0.2, 0) is 30.3 Å². The van der Waals surface area contributed by atoms with Gasteiger partial charge in [-0.2, -0.15) is 0 Å². The fourth-order valence-corrected chi connectivity index (χ4v) is 6.08. The molecule has 0 unspecified atom stereocenters. The van der Waals surface area contributed by atoms with Gasteiger partial charge in [0.25, 0.3) is 5.91 Å². The van der Waals surface area contributed by atoms with E-state index in [0.29, 0.717) is 5.69 Å². The van der Waals surface area contributed by atoms with Crippen molar-refractivity contribution in [2.45, 2.75) is 31.7 Å². The molecular formula is C26H25BrN2O5. The molecule has 34 heavy (non-hydrogen) atoms. The standard InChI is InChI=1S/C26H25BrN2O5/c27-18-8-10-19(11-9-18)28-21(30)14-34-26(33)20(12-15-4-2-1-3-5-15)29-24(31)22-16-6-7-17(13-16)23(22)25(29)32/h1-5,8-11,16-17,20,22-23H,6-7,12-14H2,(H,28,30)/t16-,17-,20-,22+,23+/m0/s1. The number of carbonyl (C=O) groups is 4. The maximum absolute atomic E-state index is 13.3. The number of imide groups is 1. The number of halogens is 1.